The Morgan fingerprint density at radius 2 is 1.53 bits per heavy atom. The zero-order chi connectivity index (χ0) is 11.1. The van der Waals surface area contributed by atoms with E-state index in [9.17, 15) is 0 Å². The molecular weight excluding hydrogens is 381 g/mol. The summed E-state index contributed by atoms with van der Waals surface area (Å²) in [6.45, 7) is 3.89. The molecule has 5 nitrogen and oxygen atoms in total. The van der Waals surface area contributed by atoms with Crippen molar-refractivity contribution >= 4 is 11.9 Å². The van der Waals surface area contributed by atoms with Gasteiger partial charge in [-0.25, -0.2) is 9.59 Å². The van der Waals surface area contributed by atoms with Crippen molar-refractivity contribution in [2.75, 3.05) is 0 Å². The van der Waals surface area contributed by atoms with Crippen molar-refractivity contribution in [1.29, 1.82) is 0 Å². The maximum atomic E-state index is 9.10. The summed E-state index contributed by atoms with van der Waals surface area (Å²) in [5.41, 5.74) is 7.42. The number of aliphatic carboxylic acids is 2. The van der Waals surface area contributed by atoms with Crippen molar-refractivity contribution in [3.8, 4) is 0 Å². The molecule has 0 saturated heterocycles. The third-order valence-corrected chi connectivity index (χ3v) is 2.09. The molecule has 0 heterocycles. The third-order valence-electron chi connectivity index (χ3n) is 2.09. The Morgan fingerprint density at radius 3 is 1.73 bits per heavy atom. The molecule has 1 fully saturated rings. The largest absolute Gasteiger partial charge is 2.00 e. The Kier molecular flexibility index (Phi) is 10.0. The predicted octanol–water partition coefficient (Wildman–Crippen LogP) is 1.58. The molecule has 6 heteroatoms. The van der Waals surface area contributed by atoms with Crippen LogP contribution in [0.2, 0.25) is 0 Å². The molecule has 0 aromatic heterocycles. The monoisotopic (exact) mass is 396 g/mol. The Labute approximate surface area is 103 Å². The molecule has 1 aliphatic rings. The first-order valence-corrected chi connectivity index (χ1v) is 4.45. The number of hydrogen-bond donors (Lipinski definition) is 2. The summed E-state index contributed by atoms with van der Waals surface area (Å²) in [4.78, 5) is 18.2. The smallest absolute Gasteiger partial charge is 0.677 e. The fourth-order valence-corrected chi connectivity index (χ4v) is 1.21. The second-order valence-corrected chi connectivity index (χ2v) is 3.26. The maximum absolute atomic E-state index is 9.10. The van der Waals surface area contributed by atoms with Crippen LogP contribution in [0.5, 0.6) is 0 Å². The van der Waals surface area contributed by atoms with Crippen LogP contribution in [0.1, 0.15) is 25.7 Å². The van der Waals surface area contributed by atoms with Gasteiger partial charge in [-0.05, 0) is 0 Å². The van der Waals surface area contributed by atoms with Crippen LogP contribution in [0.4, 0.5) is 0 Å². The van der Waals surface area contributed by atoms with Gasteiger partial charge >= 0.3 is 33.0 Å². The predicted molar refractivity (Wildman–Crippen MR) is 50.7 cm³/mol. The molecule has 2 atom stereocenters. The molecule has 0 amide bonds. The van der Waals surface area contributed by atoms with E-state index < -0.39 is 11.9 Å². The van der Waals surface area contributed by atoms with E-state index in [1.807, 2.05) is 0 Å². The molecule has 0 bridgehead atoms. The molecule has 2 unspecified atom stereocenters. The van der Waals surface area contributed by atoms with Crippen LogP contribution >= 0.6 is 0 Å². The van der Waals surface area contributed by atoms with Gasteiger partial charge in [0.15, 0.2) is 0 Å². The number of hydrogen-bond acceptors (Lipinski definition) is 2. The molecule has 1 saturated carbocycles. The van der Waals surface area contributed by atoms with Gasteiger partial charge in [0.25, 0.3) is 0 Å². The van der Waals surface area contributed by atoms with Crippen molar-refractivity contribution in [2.45, 2.75) is 31.7 Å². The fourth-order valence-electron chi connectivity index (χ4n) is 1.21. The van der Waals surface area contributed by atoms with E-state index in [-0.39, 0.29) is 27.1 Å². The molecule has 90 valence electrons. The van der Waals surface area contributed by atoms with Crippen LogP contribution in [-0.4, -0.2) is 28.2 Å². The molecule has 0 aromatic carbocycles. The summed E-state index contributed by atoms with van der Waals surface area (Å²) in [6.07, 6.45) is 4.80. The minimum absolute atomic E-state index is 0. The van der Waals surface area contributed by atoms with Crippen LogP contribution in [0.25, 0.3) is 5.73 Å². The zero-order valence-electron chi connectivity index (χ0n) is 8.22. The number of carboxylic acids is 2. The first-order valence-electron chi connectivity index (χ1n) is 4.45. The summed E-state index contributed by atoms with van der Waals surface area (Å²) in [5, 5.41) is 14.8. The van der Waals surface area contributed by atoms with E-state index in [0.717, 1.165) is 6.42 Å². The van der Waals surface area contributed by atoms with Crippen molar-refractivity contribution in [3.05, 3.63) is 12.7 Å². The minimum atomic E-state index is -1.82. The quantitative estimate of drug-likeness (QED) is 0.480. The Bertz CT molecular complexity index is 188. The average Bonchev–Trinajstić information content (AvgIpc) is 2.11. The van der Waals surface area contributed by atoms with Gasteiger partial charge in [0.05, 0.1) is 0 Å². The van der Waals surface area contributed by atoms with Gasteiger partial charge < -0.3 is 22.9 Å². The summed E-state index contributed by atoms with van der Waals surface area (Å²) >= 11 is 0. The zero-order valence-corrected chi connectivity index (χ0v) is 10.5. The molecule has 0 spiro atoms. The summed E-state index contributed by atoms with van der Waals surface area (Å²) in [6, 6.07) is 0.142. The molecule has 1 aliphatic carbocycles. The maximum Gasteiger partial charge on any atom is 2.00 e. The molecule has 0 aromatic rings. The second kappa shape index (κ2) is 8.86. The summed E-state index contributed by atoms with van der Waals surface area (Å²) in [5.74, 6) is -3.23. The average molecular weight is 396 g/mol. The third kappa shape index (κ3) is 8.57. The van der Waals surface area contributed by atoms with Crippen molar-refractivity contribution in [3.63, 3.8) is 0 Å². The van der Waals surface area contributed by atoms with Gasteiger partial charge in [-0.1, -0.05) is 25.7 Å². The summed E-state index contributed by atoms with van der Waals surface area (Å²) in [7, 11) is 0. The fraction of sp³-hybridized carbons (Fsp3) is 0.667. The van der Waals surface area contributed by atoms with Gasteiger partial charge in [-0.3, -0.25) is 0 Å². The van der Waals surface area contributed by atoms with E-state index in [4.69, 9.17) is 25.5 Å². The van der Waals surface area contributed by atoms with E-state index >= 15 is 0 Å². The first kappa shape index (κ1) is 17.0. The van der Waals surface area contributed by atoms with Gasteiger partial charge in [-0.2, -0.15) is 12.0 Å². The van der Waals surface area contributed by atoms with Gasteiger partial charge in [-0.15, -0.1) is 0 Å². The van der Waals surface area contributed by atoms with Gasteiger partial charge in [0, 0.05) is 0 Å². The molecule has 0 aliphatic heterocycles. The molecule has 15 heavy (non-hydrogen) atoms. The molecular formula is C9H15NO4Pt. The molecule has 1 rings (SSSR count). The van der Waals surface area contributed by atoms with E-state index in [1.54, 1.807) is 0 Å². The second-order valence-electron chi connectivity index (χ2n) is 3.26. The van der Waals surface area contributed by atoms with Crippen molar-refractivity contribution in [2.24, 2.45) is 5.92 Å². The van der Waals surface area contributed by atoms with Crippen molar-refractivity contribution in [1.82, 2.24) is 0 Å². The molecule has 3 N–H and O–H groups in total. The summed E-state index contributed by atoms with van der Waals surface area (Å²) < 4.78 is 0. The first-order chi connectivity index (χ1) is 6.45. The SMILES string of the molecule is O=C(O)C(=O)O.[CH2-]C1CCCCC1[NH-].[Pt+2]. The van der Waals surface area contributed by atoms with Crippen LogP contribution in [0.15, 0.2) is 0 Å². The van der Waals surface area contributed by atoms with Gasteiger partial charge in [0.2, 0.25) is 0 Å². The Hall–Kier alpha value is -0.412. The Balaban J connectivity index is 0. The number of carboxylic acid groups (broad SMARTS) is 2. The minimum Gasteiger partial charge on any atom is -0.677 e. The topological polar surface area (TPSA) is 98.4 Å². The van der Waals surface area contributed by atoms with Crippen molar-refractivity contribution < 1.29 is 40.9 Å². The number of rotatable bonds is 0. The molecule has 0 radical (unpaired) electrons. The van der Waals surface area contributed by atoms with E-state index in [0.29, 0.717) is 5.92 Å². The van der Waals surface area contributed by atoms with E-state index in [1.165, 1.54) is 19.3 Å². The standard InChI is InChI=1S/C7H13N.C2H2O4.Pt/c1-6-4-2-3-5-7(6)8;3-1(4)2(5)6;/h6-8H,1-5H2;(H,3,4)(H,5,6);/q-2;;+2. The number of nitrogens with one attached hydrogen (secondary N) is 1. The van der Waals surface area contributed by atoms with E-state index in [2.05, 4.69) is 6.92 Å². The van der Waals surface area contributed by atoms with Crippen LogP contribution in [-0.2, 0) is 30.7 Å². The number of carbonyl (C=O) groups is 2. The van der Waals surface area contributed by atoms with Crippen LogP contribution in [0.3, 0.4) is 0 Å². The Morgan fingerprint density at radius 1 is 1.13 bits per heavy atom. The normalized spacial score (nSPS) is 24.1. The van der Waals surface area contributed by atoms with Crippen LogP contribution in [0, 0.1) is 12.8 Å². The van der Waals surface area contributed by atoms with Gasteiger partial charge in [0.1, 0.15) is 0 Å². The van der Waals surface area contributed by atoms with Crippen LogP contribution < -0.4 is 0 Å².